The molecule has 0 saturated carbocycles. The van der Waals surface area contributed by atoms with Crippen LogP contribution in [0.25, 0.3) is 0 Å². The molecular formula is C24H36O4. The lowest BCUT2D eigenvalue weighted by atomic mass is 10.1. The summed E-state index contributed by atoms with van der Waals surface area (Å²) in [7, 11) is 0. The zero-order valence-corrected chi connectivity index (χ0v) is 17.3. The van der Waals surface area contributed by atoms with Crippen molar-refractivity contribution < 1.29 is 19.1 Å². The van der Waals surface area contributed by atoms with Gasteiger partial charge in [0, 0.05) is 12.8 Å². The van der Waals surface area contributed by atoms with E-state index in [2.05, 4.69) is 24.0 Å². The van der Waals surface area contributed by atoms with E-state index in [1.54, 1.807) is 0 Å². The normalized spacial score (nSPS) is 10.4. The molecule has 28 heavy (non-hydrogen) atoms. The zero-order valence-electron chi connectivity index (χ0n) is 17.3. The van der Waals surface area contributed by atoms with Crippen molar-refractivity contribution in [3.05, 3.63) is 12.2 Å². The third-order valence-corrected chi connectivity index (χ3v) is 4.30. The van der Waals surface area contributed by atoms with Gasteiger partial charge in [-0.1, -0.05) is 62.5 Å². The third kappa shape index (κ3) is 20.1. The summed E-state index contributed by atoms with van der Waals surface area (Å²) in [5.74, 6) is 4.20. The second-order valence-electron chi connectivity index (χ2n) is 6.81. The van der Waals surface area contributed by atoms with Crippen LogP contribution in [0.5, 0.6) is 0 Å². The standard InChI is InChI=1S/C24H36O4/c1-3-21-27-23(25)19-17-15-13-11-9-7-5-6-8-10-12-14-16-18-20-24(26)28-22-4-2/h1-2,5-6H,7-22H2/b6-5-. The van der Waals surface area contributed by atoms with E-state index in [0.29, 0.717) is 12.8 Å². The summed E-state index contributed by atoms with van der Waals surface area (Å²) in [6, 6.07) is 0. The maximum atomic E-state index is 11.2. The minimum Gasteiger partial charge on any atom is -0.452 e. The molecule has 0 aliphatic carbocycles. The molecule has 0 rings (SSSR count). The molecule has 0 N–H and O–H groups in total. The van der Waals surface area contributed by atoms with E-state index in [1.165, 1.54) is 25.7 Å². The number of carbonyl (C=O) groups excluding carboxylic acids is 2. The molecule has 0 radical (unpaired) electrons. The van der Waals surface area contributed by atoms with Gasteiger partial charge in [-0.3, -0.25) is 9.59 Å². The number of carbonyl (C=O) groups is 2. The van der Waals surface area contributed by atoms with Gasteiger partial charge in [0.1, 0.15) is 0 Å². The highest BCUT2D eigenvalue weighted by atomic mass is 16.5. The van der Waals surface area contributed by atoms with Gasteiger partial charge in [-0.15, -0.1) is 12.8 Å². The Bertz CT molecular complexity index is 462. The molecule has 0 unspecified atom stereocenters. The summed E-state index contributed by atoms with van der Waals surface area (Å²) in [6.07, 6.45) is 28.8. The first-order valence-electron chi connectivity index (χ1n) is 10.5. The lowest BCUT2D eigenvalue weighted by Gasteiger charge is -2.02. The summed E-state index contributed by atoms with van der Waals surface area (Å²) < 4.78 is 9.65. The summed E-state index contributed by atoms with van der Waals surface area (Å²) in [4.78, 5) is 22.5. The Balaban J connectivity index is 3.24. The van der Waals surface area contributed by atoms with Crippen LogP contribution >= 0.6 is 0 Å². The van der Waals surface area contributed by atoms with Gasteiger partial charge in [-0.05, 0) is 38.5 Å². The molecule has 0 amide bonds. The van der Waals surface area contributed by atoms with Crippen molar-refractivity contribution >= 4 is 11.9 Å². The van der Waals surface area contributed by atoms with E-state index >= 15 is 0 Å². The van der Waals surface area contributed by atoms with Crippen molar-refractivity contribution in [2.45, 2.75) is 89.9 Å². The lowest BCUT2D eigenvalue weighted by molar-refractivity contribution is -0.143. The first-order valence-corrected chi connectivity index (χ1v) is 10.5. The van der Waals surface area contributed by atoms with Gasteiger partial charge in [0.05, 0.1) is 0 Å². The molecule has 0 aromatic rings. The van der Waals surface area contributed by atoms with Crippen LogP contribution in [0.3, 0.4) is 0 Å². The molecule has 0 aliphatic heterocycles. The molecule has 0 heterocycles. The number of hydrogen-bond acceptors (Lipinski definition) is 4. The number of hydrogen-bond donors (Lipinski definition) is 0. The van der Waals surface area contributed by atoms with Crippen LogP contribution in [0.2, 0.25) is 0 Å². The molecule has 156 valence electrons. The Kier molecular flexibility index (Phi) is 19.4. The van der Waals surface area contributed by atoms with Crippen LogP contribution in [-0.4, -0.2) is 25.2 Å². The lowest BCUT2D eigenvalue weighted by Crippen LogP contribution is -2.03. The van der Waals surface area contributed by atoms with Crippen molar-refractivity contribution in [3.63, 3.8) is 0 Å². The molecular weight excluding hydrogens is 352 g/mol. The second kappa shape index (κ2) is 21.1. The summed E-state index contributed by atoms with van der Waals surface area (Å²) in [5.41, 5.74) is 0. The van der Waals surface area contributed by atoms with Crippen LogP contribution in [0.4, 0.5) is 0 Å². The van der Waals surface area contributed by atoms with Crippen molar-refractivity contribution in [2.24, 2.45) is 0 Å². The van der Waals surface area contributed by atoms with Crippen molar-refractivity contribution in [1.29, 1.82) is 0 Å². The number of terminal acetylenes is 2. The van der Waals surface area contributed by atoms with Gasteiger partial charge in [0.25, 0.3) is 0 Å². The van der Waals surface area contributed by atoms with Crippen molar-refractivity contribution in [1.82, 2.24) is 0 Å². The largest absolute Gasteiger partial charge is 0.452 e. The molecule has 0 saturated heterocycles. The second-order valence-corrected chi connectivity index (χ2v) is 6.81. The molecule has 0 aromatic heterocycles. The Morgan fingerprint density at radius 3 is 1.36 bits per heavy atom. The number of ether oxygens (including phenoxy) is 2. The van der Waals surface area contributed by atoms with Gasteiger partial charge in [-0.25, -0.2) is 0 Å². The molecule has 4 heteroatoms. The number of unbranched alkanes of at least 4 members (excludes halogenated alkanes) is 10. The summed E-state index contributed by atoms with van der Waals surface area (Å²) in [6.45, 7) is 0.157. The molecule has 0 fully saturated rings. The quantitative estimate of drug-likeness (QED) is 0.137. The predicted molar refractivity (Wildman–Crippen MR) is 113 cm³/mol. The van der Waals surface area contributed by atoms with Crippen LogP contribution < -0.4 is 0 Å². The topological polar surface area (TPSA) is 52.6 Å². The summed E-state index contributed by atoms with van der Waals surface area (Å²) in [5, 5.41) is 0. The number of allylic oxidation sites excluding steroid dienone is 2. The van der Waals surface area contributed by atoms with E-state index < -0.39 is 0 Å². The Labute approximate surface area is 171 Å². The Morgan fingerprint density at radius 2 is 0.964 bits per heavy atom. The van der Waals surface area contributed by atoms with Gasteiger partial charge in [-0.2, -0.15) is 0 Å². The Morgan fingerprint density at radius 1 is 0.607 bits per heavy atom. The number of rotatable bonds is 18. The van der Waals surface area contributed by atoms with Crippen LogP contribution in [0, 0.1) is 24.7 Å². The highest BCUT2D eigenvalue weighted by Crippen LogP contribution is 2.10. The predicted octanol–water partition coefficient (Wildman–Crippen LogP) is 5.36. The van der Waals surface area contributed by atoms with Crippen LogP contribution in [0.1, 0.15) is 89.9 Å². The molecule has 4 nitrogen and oxygen atoms in total. The molecule has 0 aromatic carbocycles. The average Bonchev–Trinajstić information content (AvgIpc) is 2.70. The van der Waals surface area contributed by atoms with Crippen molar-refractivity contribution in [3.8, 4) is 24.7 Å². The summed E-state index contributed by atoms with van der Waals surface area (Å²) >= 11 is 0. The molecule has 0 atom stereocenters. The SMILES string of the molecule is C#CCOC(=O)CCCCCCC/C=C\CCCCCCCC(=O)OCC#C. The van der Waals surface area contributed by atoms with Gasteiger partial charge in [0.15, 0.2) is 13.2 Å². The highest BCUT2D eigenvalue weighted by Gasteiger charge is 2.01. The molecule has 0 aliphatic rings. The fourth-order valence-corrected chi connectivity index (χ4v) is 2.75. The smallest absolute Gasteiger partial charge is 0.306 e. The van der Waals surface area contributed by atoms with Crippen molar-refractivity contribution in [2.75, 3.05) is 13.2 Å². The number of esters is 2. The van der Waals surface area contributed by atoms with E-state index in [1.807, 2.05) is 0 Å². The minimum atomic E-state index is -0.191. The first-order chi connectivity index (χ1) is 13.7. The maximum absolute atomic E-state index is 11.2. The molecule has 0 bridgehead atoms. The average molecular weight is 389 g/mol. The fraction of sp³-hybridized carbons (Fsp3) is 0.667. The molecule has 0 spiro atoms. The minimum absolute atomic E-state index is 0.0787. The monoisotopic (exact) mass is 388 g/mol. The van der Waals surface area contributed by atoms with E-state index in [4.69, 9.17) is 22.3 Å². The Hall–Kier alpha value is -2.20. The fourth-order valence-electron chi connectivity index (χ4n) is 2.75. The van der Waals surface area contributed by atoms with E-state index in [9.17, 15) is 9.59 Å². The zero-order chi connectivity index (χ0) is 20.7. The third-order valence-electron chi connectivity index (χ3n) is 4.30. The van der Waals surface area contributed by atoms with E-state index in [0.717, 1.165) is 51.4 Å². The maximum Gasteiger partial charge on any atom is 0.306 e. The van der Waals surface area contributed by atoms with Gasteiger partial charge in [0.2, 0.25) is 0 Å². The van der Waals surface area contributed by atoms with Crippen LogP contribution in [-0.2, 0) is 19.1 Å². The van der Waals surface area contributed by atoms with Crippen LogP contribution in [0.15, 0.2) is 12.2 Å². The first kappa shape index (κ1) is 25.8. The van der Waals surface area contributed by atoms with Gasteiger partial charge < -0.3 is 9.47 Å². The van der Waals surface area contributed by atoms with E-state index in [-0.39, 0.29) is 25.2 Å². The highest BCUT2D eigenvalue weighted by molar-refractivity contribution is 5.69. The van der Waals surface area contributed by atoms with Gasteiger partial charge >= 0.3 is 11.9 Å².